The molecule has 0 saturated carbocycles. The van der Waals surface area contributed by atoms with Gasteiger partial charge in [-0.25, -0.2) is 4.79 Å². The van der Waals surface area contributed by atoms with Crippen molar-refractivity contribution in [3.05, 3.63) is 57.6 Å². The van der Waals surface area contributed by atoms with Crippen LogP contribution in [0.3, 0.4) is 0 Å². The van der Waals surface area contributed by atoms with Gasteiger partial charge in [-0.3, -0.25) is 10.1 Å². The lowest BCUT2D eigenvalue weighted by molar-refractivity contribution is 0.0951. The van der Waals surface area contributed by atoms with E-state index in [-0.39, 0.29) is 0 Å². The van der Waals surface area contributed by atoms with Crippen molar-refractivity contribution in [2.45, 2.75) is 0 Å². The maximum absolute atomic E-state index is 12.0. The van der Waals surface area contributed by atoms with Gasteiger partial charge in [-0.15, -0.1) is 22.7 Å². The van der Waals surface area contributed by atoms with Gasteiger partial charge in [0.2, 0.25) is 0 Å². The Balaban J connectivity index is 1.62. The van der Waals surface area contributed by atoms with Crippen LogP contribution < -0.4 is 5.32 Å². The molecule has 0 saturated heterocycles. The van der Waals surface area contributed by atoms with E-state index in [0.29, 0.717) is 4.88 Å². The Kier molecular flexibility index (Phi) is 4.19. The molecule has 0 aliphatic carbocycles. The van der Waals surface area contributed by atoms with Gasteiger partial charge in [0.05, 0.1) is 9.75 Å². The monoisotopic (exact) mass is 327 g/mol. The fourth-order valence-corrected chi connectivity index (χ4v) is 3.26. The summed E-state index contributed by atoms with van der Waals surface area (Å²) < 4.78 is 5.65. The molecule has 2 aromatic heterocycles. The minimum Gasteiger partial charge on any atom is -0.355 e. The summed E-state index contributed by atoms with van der Waals surface area (Å²) in [6.07, 6.45) is 1.39. The highest BCUT2D eigenvalue weighted by atomic mass is 32.1. The quantitative estimate of drug-likeness (QED) is 0.691. The third-order valence-corrected chi connectivity index (χ3v) is 4.60. The van der Waals surface area contributed by atoms with E-state index in [9.17, 15) is 9.59 Å². The van der Waals surface area contributed by atoms with Crippen molar-refractivity contribution in [3.63, 3.8) is 0 Å². The Morgan fingerprint density at radius 1 is 1.14 bits per heavy atom. The van der Waals surface area contributed by atoms with E-state index in [4.69, 9.17) is 0 Å². The molecular formula is C16H9NO3S2. The third kappa shape index (κ3) is 3.34. The van der Waals surface area contributed by atoms with Crippen molar-refractivity contribution in [1.82, 2.24) is 5.32 Å². The summed E-state index contributed by atoms with van der Waals surface area (Å²) in [6.45, 7) is 0. The summed E-state index contributed by atoms with van der Waals surface area (Å²) in [5.74, 6) is 2.17. The fourth-order valence-electron chi connectivity index (χ4n) is 1.75. The van der Waals surface area contributed by atoms with Crippen LogP contribution in [0.25, 0.3) is 10.1 Å². The number of alkyl carbamates (subject to hydrolysis) is 1. The number of nitrogens with one attached hydrogen (secondary N) is 1. The maximum atomic E-state index is 12.0. The van der Waals surface area contributed by atoms with Crippen LogP contribution in [0.2, 0.25) is 0 Å². The number of imide groups is 1. The molecule has 3 rings (SSSR count). The normalized spacial score (nSPS) is 9.82. The average molecular weight is 327 g/mol. The van der Waals surface area contributed by atoms with Crippen molar-refractivity contribution in [2.24, 2.45) is 0 Å². The minimum absolute atomic E-state index is 0.448. The Bertz CT molecular complexity index is 852. The number of thiophene rings is 2. The Morgan fingerprint density at radius 3 is 2.77 bits per heavy atom. The summed E-state index contributed by atoms with van der Waals surface area (Å²) in [4.78, 5) is 24.7. The van der Waals surface area contributed by atoms with Crippen LogP contribution in [0, 0.1) is 12.0 Å². The van der Waals surface area contributed by atoms with E-state index < -0.39 is 12.0 Å². The molecule has 0 spiro atoms. The van der Waals surface area contributed by atoms with Gasteiger partial charge < -0.3 is 4.74 Å². The van der Waals surface area contributed by atoms with Crippen molar-refractivity contribution in [3.8, 4) is 12.0 Å². The van der Waals surface area contributed by atoms with Gasteiger partial charge in [0, 0.05) is 4.70 Å². The lowest BCUT2D eigenvalue weighted by Gasteiger charge is -1.97. The molecule has 1 aromatic carbocycles. The molecule has 0 aliphatic heterocycles. The molecule has 6 heteroatoms. The third-order valence-electron chi connectivity index (χ3n) is 2.70. The van der Waals surface area contributed by atoms with Gasteiger partial charge in [-0.05, 0) is 34.9 Å². The molecular weight excluding hydrogens is 318 g/mol. The number of hydrogen-bond acceptors (Lipinski definition) is 5. The Hall–Kier alpha value is -2.62. The molecule has 1 N–H and O–H groups in total. The molecule has 0 fully saturated rings. The first-order chi connectivity index (χ1) is 10.7. The summed E-state index contributed by atoms with van der Waals surface area (Å²) in [7, 11) is 0. The Labute approximate surface area is 134 Å². The SMILES string of the molecule is O=C(NC(=O)c1cc2ccccc2s1)OC#Cc1cccs1. The highest BCUT2D eigenvalue weighted by Crippen LogP contribution is 2.24. The molecule has 0 bridgehead atoms. The summed E-state index contributed by atoms with van der Waals surface area (Å²) >= 11 is 2.75. The largest absolute Gasteiger partial charge is 0.428 e. The zero-order valence-corrected chi connectivity index (χ0v) is 12.8. The number of benzene rings is 1. The molecule has 3 aromatic rings. The standard InChI is InChI=1S/C16H9NO3S2/c18-15(14-10-11-4-1-2-6-13(11)22-14)17-16(19)20-8-7-12-5-3-9-21-12/h1-6,9-10H,(H,17,18,19). The second-order valence-corrected chi connectivity index (χ2v) is 6.23. The first-order valence-corrected chi connectivity index (χ1v) is 7.97. The van der Waals surface area contributed by atoms with E-state index in [0.717, 1.165) is 15.0 Å². The number of fused-ring (bicyclic) bond motifs is 1. The van der Waals surface area contributed by atoms with E-state index >= 15 is 0 Å². The van der Waals surface area contributed by atoms with Crippen LogP contribution in [0.1, 0.15) is 14.5 Å². The van der Waals surface area contributed by atoms with E-state index in [2.05, 4.69) is 22.1 Å². The van der Waals surface area contributed by atoms with E-state index in [1.807, 2.05) is 35.7 Å². The predicted molar refractivity (Wildman–Crippen MR) is 87.0 cm³/mol. The van der Waals surface area contributed by atoms with Crippen LogP contribution >= 0.6 is 22.7 Å². The molecule has 0 unspecified atom stereocenters. The van der Waals surface area contributed by atoms with Crippen molar-refractivity contribution < 1.29 is 14.3 Å². The average Bonchev–Trinajstić information content (AvgIpc) is 3.16. The highest BCUT2D eigenvalue weighted by Gasteiger charge is 2.13. The van der Waals surface area contributed by atoms with Gasteiger partial charge >= 0.3 is 6.09 Å². The molecule has 0 aliphatic rings. The van der Waals surface area contributed by atoms with Crippen LogP contribution in [0.5, 0.6) is 0 Å². The number of amides is 2. The van der Waals surface area contributed by atoms with Gasteiger partial charge in [-0.2, -0.15) is 0 Å². The van der Waals surface area contributed by atoms with Crippen molar-refractivity contribution >= 4 is 44.8 Å². The molecule has 2 heterocycles. The summed E-state index contributed by atoms with van der Waals surface area (Å²) in [5.41, 5.74) is 0. The van der Waals surface area contributed by atoms with Crippen molar-refractivity contribution in [2.75, 3.05) is 0 Å². The second-order valence-electron chi connectivity index (χ2n) is 4.20. The van der Waals surface area contributed by atoms with Crippen LogP contribution in [0.4, 0.5) is 4.79 Å². The maximum Gasteiger partial charge on any atom is 0.428 e. The minimum atomic E-state index is -0.883. The van der Waals surface area contributed by atoms with Crippen molar-refractivity contribution in [1.29, 1.82) is 0 Å². The molecule has 108 valence electrons. The number of carbonyl (C=O) groups is 2. The molecule has 0 radical (unpaired) electrons. The number of hydrogen-bond donors (Lipinski definition) is 1. The number of rotatable bonds is 1. The van der Waals surface area contributed by atoms with Gasteiger partial charge in [-0.1, -0.05) is 24.3 Å². The predicted octanol–water partition coefficient (Wildman–Crippen LogP) is 3.84. The van der Waals surface area contributed by atoms with Gasteiger partial charge in [0.15, 0.2) is 0 Å². The zero-order chi connectivity index (χ0) is 15.4. The van der Waals surface area contributed by atoms with E-state index in [1.165, 1.54) is 22.7 Å². The highest BCUT2D eigenvalue weighted by molar-refractivity contribution is 7.20. The van der Waals surface area contributed by atoms with E-state index in [1.54, 1.807) is 12.1 Å². The number of carbonyl (C=O) groups excluding carboxylic acids is 2. The second kappa shape index (κ2) is 6.43. The lowest BCUT2D eigenvalue weighted by Crippen LogP contribution is -2.29. The van der Waals surface area contributed by atoms with Gasteiger partial charge in [0.1, 0.15) is 6.11 Å². The Morgan fingerprint density at radius 2 is 2.00 bits per heavy atom. The molecule has 4 nitrogen and oxygen atoms in total. The smallest absolute Gasteiger partial charge is 0.355 e. The van der Waals surface area contributed by atoms with Crippen LogP contribution in [-0.4, -0.2) is 12.0 Å². The topological polar surface area (TPSA) is 55.4 Å². The number of ether oxygens (including phenoxy) is 1. The first-order valence-electron chi connectivity index (χ1n) is 6.27. The van der Waals surface area contributed by atoms with Crippen LogP contribution in [0.15, 0.2) is 47.8 Å². The zero-order valence-electron chi connectivity index (χ0n) is 11.2. The van der Waals surface area contributed by atoms with Gasteiger partial charge in [0.25, 0.3) is 5.91 Å². The lowest BCUT2D eigenvalue weighted by atomic mass is 10.2. The van der Waals surface area contributed by atoms with Crippen LogP contribution in [-0.2, 0) is 4.74 Å². The molecule has 2 amide bonds. The molecule has 22 heavy (non-hydrogen) atoms. The summed E-state index contributed by atoms with van der Waals surface area (Å²) in [5, 5.41) is 4.98. The fraction of sp³-hybridized carbons (Fsp3) is 0. The summed E-state index contributed by atoms with van der Waals surface area (Å²) in [6, 6.07) is 13.0. The first kappa shape index (κ1) is 14.3. The molecule has 0 atom stereocenters.